The molecule has 2 unspecified atom stereocenters. The summed E-state index contributed by atoms with van der Waals surface area (Å²) in [5, 5.41) is 4.06. The zero-order valence-electron chi connectivity index (χ0n) is 11.7. The molecule has 0 saturated carbocycles. The topological polar surface area (TPSA) is 32.3 Å². The van der Waals surface area contributed by atoms with Crippen LogP contribution in [0, 0.1) is 11.8 Å². The first-order valence-corrected chi connectivity index (χ1v) is 8.30. The van der Waals surface area contributed by atoms with E-state index in [9.17, 15) is 4.79 Å². The molecule has 0 aliphatic carbocycles. The summed E-state index contributed by atoms with van der Waals surface area (Å²) in [6, 6.07) is 0. The van der Waals surface area contributed by atoms with E-state index in [0.29, 0.717) is 28.7 Å². The molecule has 1 amide bonds. The Morgan fingerprint density at radius 3 is 2.44 bits per heavy atom. The molecule has 0 radical (unpaired) electrons. The van der Waals surface area contributed by atoms with Crippen molar-refractivity contribution in [3.05, 3.63) is 0 Å². The molecule has 3 nitrogen and oxygen atoms in total. The van der Waals surface area contributed by atoms with Gasteiger partial charge in [-0.3, -0.25) is 4.79 Å². The second-order valence-corrected chi connectivity index (χ2v) is 7.29. The van der Waals surface area contributed by atoms with Crippen LogP contribution in [-0.4, -0.2) is 48.0 Å². The molecule has 0 bridgehead atoms. The second kappa shape index (κ2) is 6.80. The third kappa shape index (κ3) is 4.16. The van der Waals surface area contributed by atoms with E-state index in [1.54, 1.807) is 0 Å². The third-order valence-electron chi connectivity index (χ3n) is 3.95. The summed E-state index contributed by atoms with van der Waals surface area (Å²) in [7, 11) is 0. The number of thioether (sulfide) groups is 1. The van der Waals surface area contributed by atoms with E-state index in [4.69, 9.17) is 0 Å². The van der Waals surface area contributed by atoms with Crippen molar-refractivity contribution in [1.82, 2.24) is 10.2 Å². The highest BCUT2D eigenvalue weighted by atomic mass is 32.2. The molecule has 18 heavy (non-hydrogen) atoms. The molecule has 0 spiro atoms. The highest BCUT2D eigenvalue weighted by molar-refractivity contribution is 8.00. The SMILES string of the molecule is CC1CC(C)CN(C(=O)CSC2CCNCC2)C1. The summed E-state index contributed by atoms with van der Waals surface area (Å²) in [4.78, 5) is 14.3. The quantitative estimate of drug-likeness (QED) is 0.851. The van der Waals surface area contributed by atoms with Crippen LogP contribution in [0.3, 0.4) is 0 Å². The molecule has 0 aromatic rings. The smallest absolute Gasteiger partial charge is 0.232 e. The third-order valence-corrected chi connectivity index (χ3v) is 5.31. The normalized spacial score (nSPS) is 30.4. The number of nitrogens with zero attached hydrogens (tertiary/aromatic N) is 1. The van der Waals surface area contributed by atoms with Gasteiger partial charge in [0.05, 0.1) is 5.75 Å². The highest BCUT2D eigenvalue weighted by Crippen LogP contribution is 2.24. The lowest BCUT2D eigenvalue weighted by molar-refractivity contribution is -0.130. The van der Waals surface area contributed by atoms with Crippen LogP contribution in [0.2, 0.25) is 0 Å². The molecule has 2 atom stereocenters. The van der Waals surface area contributed by atoms with Gasteiger partial charge in [-0.25, -0.2) is 0 Å². The van der Waals surface area contributed by atoms with E-state index < -0.39 is 0 Å². The molecule has 2 rings (SSSR count). The van der Waals surface area contributed by atoms with Gasteiger partial charge in [0.15, 0.2) is 0 Å². The van der Waals surface area contributed by atoms with Gasteiger partial charge < -0.3 is 10.2 Å². The number of hydrogen-bond donors (Lipinski definition) is 1. The number of nitrogens with one attached hydrogen (secondary N) is 1. The van der Waals surface area contributed by atoms with Crippen molar-refractivity contribution < 1.29 is 4.79 Å². The molecular weight excluding hydrogens is 244 g/mol. The lowest BCUT2D eigenvalue weighted by atomic mass is 9.92. The molecular formula is C14H26N2OS. The first-order valence-electron chi connectivity index (χ1n) is 7.25. The van der Waals surface area contributed by atoms with Gasteiger partial charge in [-0.05, 0) is 44.2 Å². The largest absolute Gasteiger partial charge is 0.341 e. The van der Waals surface area contributed by atoms with Crippen LogP contribution in [0.15, 0.2) is 0 Å². The number of likely N-dealkylation sites (tertiary alicyclic amines) is 1. The number of rotatable bonds is 3. The lowest BCUT2D eigenvalue weighted by Gasteiger charge is -2.35. The zero-order valence-corrected chi connectivity index (χ0v) is 12.5. The van der Waals surface area contributed by atoms with Crippen LogP contribution in [0.1, 0.15) is 33.1 Å². The van der Waals surface area contributed by atoms with Crippen molar-refractivity contribution in [3.63, 3.8) is 0 Å². The molecule has 0 aromatic heterocycles. The fourth-order valence-corrected chi connectivity index (χ4v) is 4.24. The number of amides is 1. The Morgan fingerprint density at radius 1 is 1.22 bits per heavy atom. The number of carbonyl (C=O) groups excluding carboxylic acids is 1. The molecule has 2 aliphatic rings. The van der Waals surface area contributed by atoms with Gasteiger partial charge in [-0.2, -0.15) is 0 Å². The molecule has 104 valence electrons. The van der Waals surface area contributed by atoms with Crippen LogP contribution in [0.5, 0.6) is 0 Å². The standard InChI is InChI=1S/C14H26N2OS/c1-11-7-12(2)9-16(8-11)14(17)10-18-13-3-5-15-6-4-13/h11-13,15H,3-10H2,1-2H3. The van der Waals surface area contributed by atoms with Gasteiger partial charge in [0.1, 0.15) is 0 Å². The summed E-state index contributed by atoms with van der Waals surface area (Å²) >= 11 is 1.87. The van der Waals surface area contributed by atoms with Crippen molar-refractivity contribution in [2.24, 2.45) is 11.8 Å². The van der Waals surface area contributed by atoms with Crippen LogP contribution in [-0.2, 0) is 4.79 Å². The Labute approximate surface area is 115 Å². The minimum absolute atomic E-state index is 0.358. The number of piperidine rings is 2. The Hall–Kier alpha value is -0.220. The van der Waals surface area contributed by atoms with Crippen molar-refractivity contribution >= 4 is 17.7 Å². The van der Waals surface area contributed by atoms with Gasteiger partial charge in [0, 0.05) is 18.3 Å². The number of carbonyl (C=O) groups is 1. The Balaban J connectivity index is 1.73. The average Bonchev–Trinajstić information content (AvgIpc) is 2.36. The fourth-order valence-electron chi connectivity index (χ4n) is 3.11. The Kier molecular flexibility index (Phi) is 5.37. The van der Waals surface area contributed by atoms with E-state index in [0.717, 1.165) is 26.2 Å². The second-order valence-electron chi connectivity index (χ2n) is 6.01. The summed E-state index contributed by atoms with van der Waals surface area (Å²) in [5.41, 5.74) is 0. The van der Waals surface area contributed by atoms with Gasteiger partial charge in [0.2, 0.25) is 5.91 Å². The fraction of sp³-hybridized carbons (Fsp3) is 0.929. The lowest BCUT2D eigenvalue weighted by Crippen LogP contribution is -2.43. The van der Waals surface area contributed by atoms with Crippen molar-refractivity contribution in [3.8, 4) is 0 Å². The van der Waals surface area contributed by atoms with Crippen molar-refractivity contribution in [2.45, 2.75) is 38.4 Å². The molecule has 2 aliphatic heterocycles. The van der Waals surface area contributed by atoms with E-state index in [2.05, 4.69) is 24.1 Å². The van der Waals surface area contributed by atoms with E-state index in [-0.39, 0.29) is 0 Å². The highest BCUT2D eigenvalue weighted by Gasteiger charge is 2.25. The minimum atomic E-state index is 0.358. The monoisotopic (exact) mass is 270 g/mol. The Morgan fingerprint density at radius 2 is 1.83 bits per heavy atom. The molecule has 1 N–H and O–H groups in total. The van der Waals surface area contributed by atoms with Crippen molar-refractivity contribution in [1.29, 1.82) is 0 Å². The van der Waals surface area contributed by atoms with Crippen LogP contribution in [0.25, 0.3) is 0 Å². The molecule has 2 heterocycles. The molecule has 0 aromatic carbocycles. The summed E-state index contributed by atoms with van der Waals surface area (Å²) in [6.07, 6.45) is 3.70. The molecule has 2 fully saturated rings. The Bertz CT molecular complexity index is 269. The zero-order chi connectivity index (χ0) is 13.0. The predicted octanol–water partition coefficient (Wildman–Crippen LogP) is 1.98. The molecule has 2 saturated heterocycles. The van der Waals surface area contributed by atoms with Gasteiger partial charge >= 0.3 is 0 Å². The first kappa shape index (κ1) is 14.2. The number of hydrogen-bond acceptors (Lipinski definition) is 3. The predicted molar refractivity (Wildman–Crippen MR) is 77.9 cm³/mol. The van der Waals surface area contributed by atoms with E-state index >= 15 is 0 Å². The summed E-state index contributed by atoms with van der Waals surface area (Å²) in [5.74, 6) is 2.38. The maximum atomic E-state index is 12.2. The van der Waals surface area contributed by atoms with Crippen LogP contribution >= 0.6 is 11.8 Å². The van der Waals surface area contributed by atoms with Crippen LogP contribution in [0.4, 0.5) is 0 Å². The molecule has 4 heteroatoms. The summed E-state index contributed by atoms with van der Waals surface area (Å²) < 4.78 is 0. The maximum Gasteiger partial charge on any atom is 0.232 e. The van der Waals surface area contributed by atoms with Gasteiger partial charge in [-0.15, -0.1) is 11.8 Å². The van der Waals surface area contributed by atoms with Gasteiger partial charge in [-0.1, -0.05) is 13.8 Å². The minimum Gasteiger partial charge on any atom is -0.341 e. The average molecular weight is 270 g/mol. The van der Waals surface area contributed by atoms with E-state index in [1.807, 2.05) is 11.8 Å². The van der Waals surface area contributed by atoms with Crippen LogP contribution < -0.4 is 5.32 Å². The maximum absolute atomic E-state index is 12.2. The van der Waals surface area contributed by atoms with E-state index in [1.165, 1.54) is 19.3 Å². The summed E-state index contributed by atoms with van der Waals surface area (Å²) in [6.45, 7) is 8.69. The van der Waals surface area contributed by atoms with Crippen molar-refractivity contribution in [2.75, 3.05) is 31.9 Å². The first-order chi connectivity index (χ1) is 8.65. The van der Waals surface area contributed by atoms with Gasteiger partial charge in [0.25, 0.3) is 0 Å².